The van der Waals surface area contributed by atoms with Crippen molar-refractivity contribution in [3.8, 4) is 0 Å². The van der Waals surface area contributed by atoms with Gasteiger partial charge in [0.2, 0.25) is 0 Å². The van der Waals surface area contributed by atoms with Crippen LogP contribution in [0.1, 0.15) is 33.1 Å². The zero-order chi connectivity index (χ0) is 5.70. The molecule has 0 spiro atoms. The largest absolute Gasteiger partial charge is 0.0826 e. The van der Waals surface area contributed by atoms with Crippen LogP contribution < -0.4 is 0 Å². The van der Waals surface area contributed by atoms with Gasteiger partial charge in [-0.2, -0.15) is 0 Å². The lowest BCUT2D eigenvalue weighted by molar-refractivity contribution is 0.741. The van der Waals surface area contributed by atoms with E-state index in [2.05, 4.69) is 36.4 Å². The molecule has 0 fully saturated rings. The molecule has 0 N–H and O–H groups in total. The Morgan fingerprint density at radius 3 is 2.14 bits per heavy atom. The summed E-state index contributed by atoms with van der Waals surface area (Å²) >= 11 is 2.51. The van der Waals surface area contributed by atoms with E-state index < -0.39 is 0 Å². The second kappa shape index (κ2) is 4.88. The van der Waals surface area contributed by atoms with E-state index in [0.29, 0.717) is 0 Å². The normalized spacial score (nSPS) is 14.1. The maximum absolute atomic E-state index is 2.51. The first kappa shape index (κ1) is 7.73. The predicted molar refractivity (Wildman–Crippen MR) is 43.0 cm³/mol. The van der Waals surface area contributed by atoms with Crippen LogP contribution in [0.2, 0.25) is 0 Å². The van der Waals surface area contributed by atoms with Crippen molar-refractivity contribution in [2.24, 2.45) is 0 Å². The van der Waals surface area contributed by atoms with Crippen molar-refractivity contribution < 1.29 is 0 Å². The minimum Gasteiger partial charge on any atom is -0.0826 e. The molecule has 0 rings (SSSR count). The van der Waals surface area contributed by atoms with E-state index in [1.54, 1.807) is 0 Å². The molecule has 0 radical (unpaired) electrons. The van der Waals surface area contributed by atoms with E-state index in [1.165, 1.54) is 19.3 Å². The predicted octanol–water partition coefficient (Wildman–Crippen LogP) is 3.00. The molecule has 0 saturated heterocycles. The summed E-state index contributed by atoms with van der Waals surface area (Å²) in [7, 11) is 0. The average Bonchev–Trinajstić information content (AvgIpc) is 1.68. The highest BCUT2D eigenvalue weighted by Crippen LogP contribution is 2.10. The summed E-state index contributed by atoms with van der Waals surface area (Å²) in [5.41, 5.74) is 0. The minimum absolute atomic E-state index is 0.919. The van der Waals surface area contributed by atoms with Crippen molar-refractivity contribution >= 4 is 22.6 Å². The van der Waals surface area contributed by atoms with Gasteiger partial charge in [0, 0.05) is 3.92 Å². The molecule has 0 amide bonds. The summed E-state index contributed by atoms with van der Waals surface area (Å²) in [6.07, 6.45) is 4.05. The van der Waals surface area contributed by atoms with Gasteiger partial charge < -0.3 is 0 Å². The van der Waals surface area contributed by atoms with Gasteiger partial charge in [-0.15, -0.1) is 0 Å². The van der Waals surface area contributed by atoms with Crippen molar-refractivity contribution in [3.05, 3.63) is 0 Å². The molecule has 1 atom stereocenters. The molecule has 0 aromatic heterocycles. The van der Waals surface area contributed by atoms with Gasteiger partial charge in [0.25, 0.3) is 0 Å². The highest BCUT2D eigenvalue weighted by atomic mass is 127. The number of hydrogen-bond donors (Lipinski definition) is 0. The van der Waals surface area contributed by atoms with E-state index in [9.17, 15) is 0 Å². The minimum atomic E-state index is 0.919. The highest BCUT2D eigenvalue weighted by molar-refractivity contribution is 14.1. The molecule has 44 valence electrons. The summed E-state index contributed by atoms with van der Waals surface area (Å²) in [5.74, 6) is 0. The van der Waals surface area contributed by atoms with Crippen molar-refractivity contribution in [3.63, 3.8) is 0 Å². The lowest BCUT2D eigenvalue weighted by Gasteiger charge is -2.00. The van der Waals surface area contributed by atoms with Crippen molar-refractivity contribution in [1.82, 2.24) is 0 Å². The monoisotopic (exact) mass is 212 g/mol. The first-order valence-corrected chi connectivity index (χ1v) is 4.19. The standard InChI is InChI=1S/C6H13I/c1-3-5-6(7)4-2/h6H,3-5H2,1-2H3/t6-/m1/s1. The second-order valence-electron chi connectivity index (χ2n) is 1.79. The van der Waals surface area contributed by atoms with Gasteiger partial charge in [-0.05, 0) is 12.8 Å². The molecule has 0 aliphatic rings. The second-order valence-corrected chi connectivity index (χ2v) is 3.56. The molecule has 0 aliphatic carbocycles. The van der Waals surface area contributed by atoms with Gasteiger partial charge in [-0.25, -0.2) is 0 Å². The van der Waals surface area contributed by atoms with Crippen LogP contribution in [0, 0.1) is 0 Å². The molecule has 0 saturated carbocycles. The van der Waals surface area contributed by atoms with Crippen LogP contribution in [-0.4, -0.2) is 3.92 Å². The molecule has 0 bridgehead atoms. The molecule has 0 aromatic rings. The van der Waals surface area contributed by atoms with Gasteiger partial charge in [0.05, 0.1) is 0 Å². The third-order valence-corrected chi connectivity index (χ3v) is 2.55. The van der Waals surface area contributed by atoms with E-state index in [4.69, 9.17) is 0 Å². The first-order valence-electron chi connectivity index (χ1n) is 2.95. The highest BCUT2D eigenvalue weighted by Gasteiger charge is 1.94. The lowest BCUT2D eigenvalue weighted by atomic mass is 10.2. The quantitative estimate of drug-likeness (QED) is 0.498. The Morgan fingerprint density at radius 2 is 2.00 bits per heavy atom. The van der Waals surface area contributed by atoms with Crippen molar-refractivity contribution in [2.75, 3.05) is 0 Å². The summed E-state index contributed by atoms with van der Waals surface area (Å²) in [6.45, 7) is 4.48. The molecular formula is C6H13I. The summed E-state index contributed by atoms with van der Waals surface area (Å²) in [5, 5.41) is 0. The lowest BCUT2D eigenvalue weighted by Crippen LogP contribution is -1.91. The average molecular weight is 212 g/mol. The fourth-order valence-corrected chi connectivity index (χ4v) is 1.14. The maximum Gasteiger partial charge on any atom is 0.0107 e. The third-order valence-electron chi connectivity index (χ3n) is 1.04. The van der Waals surface area contributed by atoms with Gasteiger partial charge in [-0.1, -0.05) is 42.9 Å². The van der Waals surface area contributed by atoms with Crippen LogP contribution in [0.5, 0.6) is 0 Å². The number of halogens is 1. The van der Waals surface area contributed by atoms with Crippen LogP contribution in [0.15, 0.2) is 0 Å². The van der Waals surface area contributed by atoms with Gasteiger partial charge in [-0.3, -0.25) is 0 Å². The zero-order valence-corrected chi connectivity index (χ0v) is 7.23. The topological polar surface area (TPSA) is 0 Å². The van der Waals surface area contributed by atoms with Gasteiger partial charge in [0.15, 0.2) is 0 Å². The SMILES string of the molecule is CCC[C@H](I)CC. The molecule has 1 heteroatoms. The fourth-order valence-electron chi connectivity index (χ4n) is 0.517. The van der Waals surface area contributed by atoms with Crippen molar-refractivity contribution in [1.29, 1.82) is 0 Å². The molecular weight excluding hydrogens is 199 g/mol. The number of alkyl halides is 1. The third kappa shape index (κ3) is 4.59. The Hall–Kier alpha value is 0.730. The van der Waals surface area contributed by atoms with E-state index in [1.807, 2.05) is 0 Å². The number of hydrogen-bond acceptors (Lipinski definition) is 0. The molecule has 0 unspecified atom stereocenters. The Labute approximate surface area is 59.8 Å². The molecule has 0 nitrogen and oxygen atoms in total. The van der Waals surface area contributed by atoms with Crippen LogP contribution in [-0.2, 0) is 0 Å². The smallest absolute Gasteiger partial charge is 0.0107 e. The van der Waals surface area contributed by atoms with E-state index in [0.717, 1.165) is 3.92 Å². The Kier molecular flexibility index (Phi) is 5.39. The Bertz CT molecular complexity index is 35.2. The fraction of sp³-hybridized carbons (Fsp3) is 1.00. The summed E-state index contributed by atoms with van der Waals surface area (Å²) < 4.78 is 0.919. The van der Waals surface area contributed by atoms with Crippen molar-refractivity contribution in [2.45, 2.75) is 37.0 Å². The molecule has 0 aliphatic heterocycles. The van der Waals surface area contributed by atoms with E-state index in [-0.39, 0.29) is 0 Å². The molecule has 0 heterocycles. The Balaban J connectivity index is 2.83. The Morgan fingerprint density at radius 1 is 1.43 bits per heavy atom. The van der Waals surface area contributed by atoms with Crippen LogP contribution in [0.25, 0.3) is 0 Å². The summed E-state index contributed by atoms with van der Waals surface area (Å²) in [4.78, 5) is 0. The molecule has 7 heavy (non-hydrogen) atoms. The number of rotatable bonds is 3. The maximum atomic E-state index is 2.51. The van der Waals surface area contributed by atoms with Gasteiger partial charge in [0.1, 0.15) is 0 Å². The van der Waals surface area contributed by atoms with Gasteiger partial charge >= 0.3 is 0 Å². The van der Waals surface area contributed by atoms with Crippen LogP contribution >= 0.6 is 22.6 Å². The van der Waals surface area contributed by atoms with Crippen LogP contribution in [0.4, 0.5) is 0 Å². The zero-order valence-electron chi connectivity index (χ0n) is 5.08. The van der Waals surface area contributed by atoms with E-state index >= 15 is 0 Å². The first-order chi connectivity index (χ1) is 3.31. The summed E-state index contributed by atoms with van der Waals surface area (Å²) in [6, 6.07) is 0. The molecule has 0 aromatic carbocycles. The van der Waals surface area contributed by atoms with Crippen LogP contribution in [0.3, 0.4) is 0 Å².